The van der Waals surface area contributed by atoms with Crippen molar-refractivity contribution < 1.29 is 14.3 Å². The normalized spacial score (nSPS) is 18.8. The number of hydrogen-bond donors (Lipinski definition) is 0. The van der Waals surface area contributed by atoms with E-state index < -0.39 is 0 Å². The molecule has 4 rings (SSSR count). The van der Waals surface area contributed by atoms with Crippen LogP contribution in [-0.2, 0) is 20.7 Å². The largest absolute Gasteiger partial charge is 0.383 e. The molecule has 1 aromatic carbocycles. The Bertz CT molecular complexity index is 847. The Hall–Kier alpha value is -2.18. The number of hydrogen-bond acceptors (Lipinski definition) is 4. The molecule has 0 spiro atoms. The summed E-state index contributed by atoms with van der Waals surface area (Å²) in [6, 6.07) is 12.3. The van der Waals surface area contributed by atoms with Crippen molar-refractivity contribution in [3.8, 4) is 0 Å². The Morgan fingerprint density at radius 2 is 2.00 bits per heavy atom. The fraction of sp³-hybridized carbons (Fsp3) is 0.478. The first kappa shape index (κ1) is 20.1. The summed E-state index contributed by atoms with van der Waals surface area (Å²) in [5.74, 6) is 0.194. The zero-order valence-corrected chi connectivity index (χ0v) is 17.7. The van der Waals surface area contributed by atoms with Gasteiger partial charge in [0.2, 0.25) is 11.8 Å². The second-order valence-corrected chi connectivity index (χ2v) is 8.83. The number of carbonyl (C=O) groups excluding carboxylic acids is 2. The maximum absolute atomic E-state index is 13.4. The highest BCUT2D eigenvalue weighted by Gasteiger charge is 2.35. The van der Waals surface area contributed by atoms with Gasteiger partial charge in [0.1, 0.15) is 0 Å². The fourth-order valence-electron chi connectivity index (χ4n) is 4.22. The molecule has 0 N–H and O–H groups in total. The van der Waals surface area contributed by atoms with E-state index in [-0.39, 0.29) is 30.3 Å². The first-order chi connectivity index (χ1) is 14.2. The summed E-state index contributed by atoms with van der Waals surface area (Å²) in [6.07, 6.45) is 3.85. The van der Waals surface area contributed by atoms with Crippen LogP contribution in [0.5, 0.6) is 0 Å². The molecule has 0 saturated heterocycles. The standard InChI is InChI=1S/C23H28N2O3S/c1-28-14-13-24(23(27)18-8-5-9-18)16-21(26)25-12-10-20-19(11-15-29-20)22(25)17-6-3-2-4-7-17/h2-4,6-7,11,15,18,22H,5,8-10,12-14,16H2,1H3. The number of fused-ring (bicyclic) bond motifs is 1. The lowest BCUT2D eigenvalue weighted by atomic mass is 9.84. The number of carbonyl (C=O) groups is 2. The Balaban J connectivity index is 1.56. The number of thiophene rings is 1. The van der Waals surface area contributed by atoms with Gasteiger partial charge in [-0.05, 0) is 41.8 Å². The van der Waals surface area contributed by atoms with Crippen molar-refractivity contribution in [2.45, 2.75) is 31.7 Å². The van der Waals surface area contributed by atoms with E-state index in [1.54, 1.807) is 23.3 Å². The van der Waals surface area contributed by atoms with Gasteiger partial charge in [-0.2, -0.15) is 0 Å². The number of amides is 2. The SMILES string of the molecule is COCCN(CC(=O)N1CCc2sccc2C1c1ccccc1)C(=O)C1CCC1. The second-order valence-electron chi connectivity index (χ2n) is 7.83. The first-order valence-electron chi connectivity index (χ1n) is 10.4. The first-order valence-corrected chi connectivity index (χ1v) is 11.3. The van der Waals surface area contributed by atoms with E-state index in [1.807, 2.05) is 23.1 Å². The van der Waals surface area contributed by atoms with E-state index in [0.29, 0.717) is 19.7 Å². The third kappa shape index (κ3) is 4.23. The number of methoxy groups -OCH3 is 1. The van der Waals surface area contributed by atoms with Gasteiger partial charge in [-0.1, -0.05) is 36.8 Å². The van der Waals surface area contributed by atoms with E-state index in [4.69, 9.17) is 4.74 Å². The van der Waals surface area contributed by atoms with Crippen molar-refractivity contribution in [3.63, 3.8) is 0 Å². The van der Waals surface area contributed by atoms with Crippen molar-refractivity contribution in [3.05, 3.63) is 57.8 Å². The lowest BCUT2D eigenvalue weighted by molar-refractivity contribution is -0.146. The van der Waals surface area contributed by atoms with Crippen LogP contribution in [-0.4, -0.2) is 55.0 Å². The summed E-state index contributed by atoms with van der Waals surface area (Å²) in [6.45, 7) is 1.72. The maximum Gasteiger partial charge on any atom is 0.242 e. The summed E-state index contributed by atoms with van der Waals surface area (Å²) >= 11 is 1.76. The fourth-order valence-corrected chi connectivity index (χ4v) is 5.12. The predicted molar refractivity (Wildman–Crippen MR) is 114 cm³/mol. The molecule has 1 unspecified atom stereocenters. The Morgan fingerprint density at radius 3 is 2.69 bits per heavy atom. The molecule has 1 fully saturated rings. The summed E-state index contributed by atoms with van der Waals surface area (Å²) < 4.78 is 5.19. The number of benzene rings is 1. The number of rotatable bonds is 7. The molecule has 1 aliphatic carbocycles. The van der Waals surface area contributed by atoms with E-state index in [2.05, 4.69) is 23.6 Å². The highest BCUT2D eigenvalue weighted by atomic mass is 32.1. The van der Waals surface area contributed by atoms with Crippen LogP contribution in [0.1, 0.15) is 41.3 Å². The van der Waals surface area contributed by atoms with Crippen LogP contribution in [0, 0.1) is 5.92 Å². The van der Waals surface area contributed by atoms with Gasteiger partial charge in [0.15, 0.2) is 0 Å². The van der Waals surface area contributed by atoms with E-state index in [0.717, 1.165) is 31.2 Å². The molecule has 5 nitrogen and oxygen atoms in total. The zero-order valence-electron chi connectivity index (χ0n) is 16.9. The molecule has 0 bridgehead atoms. The van der Waals surface area contributed by atoms with Crippen molar-refractivity contribution in [1.82, 2.24) is 9.80 Å². The quantitative estimate of drug-likeness (QED) is 0.699. The molecule has 29 heavy (non-hydrogen) atoms. The molecule has 2 aromatic rings. The molecule has 2 aliphatic rings. The van der Waals surface area contributed by atoms with Crippen molar-refractivity contribution in [2.75, 3.05) is 33.4 Å². The van der Waals surface area contributed by atoms with Crippen LogP contribution in [0.25, 0.3) is 0 Å². The monoisotopic (exact) mass is 412 g/mol. The Kier molecular flexibility index (Phi) is 6.31. The van der Waals surface area contributed by atoms with Crippen LogP contribution >= 0.6 is 11.3 Å². The number of nitrogens with zero attached hydrogens (tertiary/aromatic N) is 2. The Morgan fingerprint density at radius 1 is 1.21 bits per heavy atom. The minimum absolute atomic E-state index is 0.0134. The molecule has 2 heterocycles. The van der Waals surface area contributed by atoms with Crippen LogP contribution in [0.4, 0.5) is 0 Å². The average molecular weight is 413 g/mol. The van der Waals surface area contributed by atoms with E-state index in [1.165, 1.54) is 10.4 Å². The smallest absolute Gasteiger partial charge is 0.242 e. The van der Waals surface area contributed by atoms with Crippen molar-refractivity contribution >= 4 is 23.2 Å². The molecule has 6 heteroatoms. The third-order valence-electron chi connectivity index (χ3n) is 6.06. The second kappa shape index (κ2) is 9.09. The van der Waals surface area contributed by atoms with Crippen LogP contribution in [0.3, 0.4) is 0 Å². The molecule has 1 atom stereocenters. The summed E-state index contributed by atoms with van der Waals surface area (Å²) in [5.41, 5.74) is 2.34. The molecule has 1 aromatic heterocycles. The van der Waals surface area contributed by atoms with Gasteiger partial charge in [0.25, 0.3) is 0 Å². The molecule has 2 amide bonds. The summed E-state index contributed by atoms with van der Waals surface area (Å²) in [5, 5.41) is 2.11. The summed E-state index contributed by atoms with van der Waals surface area (Å²) in [7, 11) is 1.63. The van der Waals surface area contributed by atoms with Gasteiger partial charge in [-0.15, -0.1) is 11.3 Å². The zero-order chi connectivity index (χ0) is 20.2. The van der Waals surface area contributed by atoms with Crippen molar-refractivity contribution in [1.29, 1.82) is 0 Å². The molecular weight excluding hydrogens is 384 g/mol. The average Bonchev–Trinajstić information content (AvgIpc) is 3.18. The molecule has 154 valence electrons. The molecular formula is C23H28N2O3S. The number of ether oxygens (including phenoxy) is 1. The van der Waals surface area contributed by atoms with Crippen LogP contribution in [0.15, 0.2) is 41.8 Å². The minimum atomic E-state index is -0.0817. The topological polar surface area (TPSA) is 49.9 Å². The van der Waals surface area contributed by atoms with Gasteiger partial charge in [-0.3, -0.25) is 9.59 Å². The van der Waals surface area contributed by atoms with E-state index >= 15 is 0 Å². The minimum Gasteiger partial charge on any atom is -0.383 e. The molecule has 0 radical (unpaired) electrons. The van der Waals surface area contributed by atoms with Gasteiger partial charge < -0.3 is 14.5 Å². The van der Waals surface area contributed by atoms with Gasteiger partial charge in [-0.25, -0.2) is 0 Å². The third-order valence-corrected chi connectivity index (χ3v) is 7.06. The van der Waals surface area contributed by atoms with Gasteiger partial charge in [0.05, 0.1) is 19.2 Å². The predicted octanol–water partition coefficient (Wildman–Crippen LogP) is 3.50. The Labute approximate surface area is 176 Å². The lowest BCUT2D eigenvalue weighted by Gasteiger charge is -2.38. The van der Waals surface area contributed by atoms with E-state index in [9.17, 15) is 9.59 Å². The van der Waals surface area contributed by atoms with Gasteiger partial charge in [0, 0.05) is 31.0 Å². The highest BCUT2D eigenvalue weighted by Crippen LogP contribution is 2.38. The van der Waals surface area contributed by atoms with Crippen molar-refractivity contribution in [2.24, 2.45) is 5.92 Å². The van der Waals surface area contributed by atoms with Crippen LogP contribution in [0.2, 0.25) is 0 Å². The highest BCUT2D eigenvalue weighted by molar-refractivity contribution is 7.10. The lowest BCUT2D eigenvalue weighted by Crippen LogP contribution is -2.49. The summed E-state index contributed by atoms with van der Waals surface area (Å²) in [4.78, 5) is 31.3. The molecule has 1 saturated carbocycles. The van der Waals surface area contributed by atoms with Crippen LogP contribution < -0.4 is 0 Å². The molecule has 1 aliphatic heterocycles. The maximum atomic E-state index is 13.4. The van der Waals surface area contributed by atoms with Gasteiger partial charge >= 0.3 is 0 Å².